The molecule has 0 aromatic carbocycles. The van der Waals surface area contributed by atoms with E-state index in [1.54, 1.807) is 0 Å². The number of rotatable bonds is 50. The fraction of sp³-hybridized carbons (Fsp3) is 0.982. The minimum absolute atomic E-state index is 0. The third-order valence-electron chi connectivity index (χ3n) is 14.1. The third-order valence-corrected chi connectivity index (χ3v) is 22.3. The first-order valence-electron chi connectivity index (χ1n) is 28.1. The van der Waals surface area contributed by atoms with E-state index in [4.69, 9.17) is 17.4 Å². The predicted molar refractivity (Wildman–Crippen MR) is 283 cm³/mol. The number of hydrogen-bond acceptors (Lipinski definition) is 1. The van der Waals surface area contributed by atoms with Gasteiger partial charge in [-0.2, -0.15) is 0 Å². The molecule has 0 N–H and O–H groups in total. The van der Waals surface area contributed by atoms with E-state index >= 15 is 0 Å². The van der Waals surface area contributed by atoms with Crippen LogP contribution in [0.25, 0.3) is 0 Å². The summed E-state index contributed by atoms with van der Waals surface area (Å²) in [6, 6.07) is 0. The number of unbranched alkanes of at least 4 members (excludes halogenated alkanes) is 40. The van der Waals surface area contributed by atoms with Crippen LogP contribution >= 0.6 is 21.4 Å². The molecule has 0 saturated heterocycles. The van der Waals surface area contributed by atoms with Crippen molar-refractivity contribution >= 4 is 25.8 Å². The Balaban J connectivity index is 0. The van der Waals surface area contributed by atoms with Crippen molar-refractivity contribution in [1.82, 2.24) is 0 Å². The minimum Gasteiger partial charge on any atom is -0.336 e. The first-order chi connectivity index (χ1) is 29.0. The Labute approximate surface area is 402 Å². The van der Waals surface area contributed by atoms with Crippen molar-refractivity contribution in [2.75, 3.05) is 29.6 Å². The van der Waals surface area contributed by atoms with Crippen LogP contribution in [0.3, 0.4) is 0 Å². The minimum atomic E-state index is -2.00. The molecule has 0 radical (unpaired) electrons. The predicted octanol–water partition coefficient (Wildman–Crippen LogP) is 21.0. The molecule has 0 bridgehead atoms. The van der Waals surface area contributed by atoms with E-state index in [1.165, 1.54) is 316 Å². The van der Waals surface area contributed by atoms with Crippen LogP contribution in [0.5, 0.6) is 0 Å². The SMILES string of the molecule is CCCCCCCCCCCOC(S)=S(CCCCCCCCCCC)(CCCCCCCCCCC)(CCCCCCCCCCC)CCCCCCCCCCC.[Mo]. The first kappa shape index (κ1) is 63.3. The molecule has 0 aromatic rings. The Kier molecular flexibility index (Phi) is 52.4. The van der Waals surface area contributed by atoms with Crippen molar-refractivity contribution in [2.24, 2.45) is 0 Å². The van der Waals surface area contributed by atoms with Gasteiger partial charge in [-0.1, -0.05) is 291 Å². The summed E-state index contributed by atoms with van der Waals surface area (Å²) in [5.74, 6) is 5.70. The molecule has 0 atom stereocenters. The van der Waals surface area contributed by atoms with Crippen LogP contribution in [0.15, 0.2) is 0 Å². The van der Waals surface area contributed by atoms with Crippen molar-refractivity contribution in [3.8, 4) is 0 Å². The number of ether oxygens (including phenoxy) is 1. The van der Waals surface area contributed by atoms with Crippen molar-refractivity contribution in [3.63, 3.8) is 0 Å². The van der Waals surface area contributed by atoms with Crippen molar-refractivity contribution in [2.45, 2.75) is 324 Å². The maximum absolute atomic E-state index is 7.13. The smallest absolute Gasteiger partial charge is 0.116 e. The summed E-state index contributed by atoms with van der Waals surface area (Å²) >= 11 is 5.69. The normalized spacial score (nSPS) is 12.5. The molecule has 0 heterocycles. The largest absolute Gasteiger partial charge is 0.336 e. The molecule has 0 amide bonds. The Bertz CT molecular complexity index is 777. The zero-order valence-electron chi connectivity index (χ0n) is 42.5. The average Bonchev–Trinajstić information content (AvgIpc) is 3.24. The summed E-state index contributed by atoms with van der Waals surface area (Å²) in [7, 11) is -2.00. The molecular weight excluding hydrogens is 849 g/mol. The Hall–Kier alpha value is 1.22. The van der Waals surface area contributed by atoms with Crippen LogP contribution in [-0.4, -0.2) is 34.0 Å². The summed E-state index contributed by atoms with van der Waals surface area (Å²) in [5, 5.41) is 0. The zero-order chi connectivity index (χ0) is 43.1. The van der Waals surface area contributed by atoms with E-state index in [0.717, 1.165) is 6.61 Å². The molecule has 0 aliphatic heterocycles. The van der Waals surface area contributed by atoms with Crippen LogP contribution in [0.2, 0.25) is 0 Å². The summed E-state index contributed by atoms with van der Waals surface area (Å²) in [6.45, 7) is 12.6. The second-order valence-corrected chi connectivity index (χ2v) is 26.2. The van der Waals surface area contributed by atoms with Crippen molar-refractivity contribution < 1.29 is 25.8 Å². The van der Waals surface area contributed by atoms with E-state index in [2.05, 4.69) is 34.6 Å². The van der Waals surface area contributed by atoms with Gasteiger partial charge in [0.1, 0.15) is 4.38 Å². The maximum atomic E-state index is 7.13. The van der Waals surface area contributed by atoms with Crippen molar-refractivity contribution in [3.05, 3.63) is 0 Å². The molecule has 0 aromatic heterocycles. The molecule has 364 valence electrons. The van der Waals surface area contributed by atoms with Gasteiger partial charge in [0.25, 0.3) is 0 Å². The summed E-state index contributed by atoms with van der Waals surface area (Å²) in [5.41, 5.74) is 0. The van der Waals surface area contributed by atoms with Crippen LogP contribution in [-0.2, 0) is 25.8 Å². The fourth-order valence-corrected chi connectivity index (χ4v) is 17.2. The molecule has 0 saturated carbocycles. The fourth-order valence-electron chi connectivity index (χ4n) is 9.86. The first-order valence-corrected chi connectivity index (χ1v) is 31.3. The second-order valence-electron chi connectivity index (χ2n) is 19.9. The molecule has 0 spiro atoms. The molecule has 0 rings (SSSR count). The molecule has 0 aliphatic rings. The standard InChI is InChI=1S/C56H116OS2.Mo/c1-6-11-16-21-26-31-36-41-46-51-57-56(58)59(52-47-42-37-32-27-22-17-12-7-2,53-48-43-38-33-28-23-18-13-8-3,54-49-44-39-34-29-24-19-14-9-4)55-50-45-40-35-30-25-20-15-10-5;/h58H,6-55H2,1-5H3;. The van der Waals surface area contributed by atoms with Gasteiger partial charge in [0, 0.05) is 21.1 Å². The van der Waals surface area contributed by atoms with Gasteiger partial charge in [-0.25, -0.2) is 8.75 Å². The summed E-state index contributed by atoms with van der Waals surface area (Å²) < 4.78 is 8.44. The van der Waals surface area contributed by atoms with Gasteiger partial charge in [-0.05, 0) is 55.1 Å². The van der Waals surface area contributed by atoms with Gasteiger partial charge in [-0.3, -0.25) is 0 Å². The summed E-state index contributed by atoms with van der Waals surface area (Å²) in [4.78, 5) is 0. The van der Waals surface area contributed by atoms with Crippen LogP contribution in [0.1, 0.15) is 324 Å². The topological polar surface area (TPSA) is 9.23 Å². The maximum Gasteiger partial charge on any atom is 0.116 e. The second kappa shape index (κ2) is 49.6. The monoisotopic (exact) mass is 967 g/mol. The molecule has 60 heavy (non-hydrogen) atoms. The molecule has 1 nitrogen and oxygen atoms in total. The Morgan fingerprint density at radius 1 is 0.267 bits per heavy atom. The van der Waals surface area contributed by atoms with Gasteiger partial charge in [-0.15, -0.1) is 12.6 Å². The van der Waals surface area contributed by atoms with Crippen molar-refractivity contribution in [1.29, 1.82) is 0 Å². The number of hydrogen-bond donors (Lipinski definition) is 1. The van der Waals surface area contributed by atoms with Crippen LogP contribution in [0.4, 0.5) is 0 Å². The van der Waals surface area contributed by atoms with E-state index in [0.29, 0.717) is 0 Å². The van der Waals surface area contributed by atoms with E-state index < -0.39 is 8.75 Å². The molecule has 0 fully saturated rings. The zero-order valence-corrected chi connectivity index (χ0v) is 46.2. The average molecular weight is 966 g/mol. The molecule has 4 heteroatoms. The summed E-state index contributed by atoms with van der Waals surface area (Å²) in [6.07, 6.45) is 63.7. The molecule has 0 aliphatic carbocycles. The van der Waals surface area contributed by atoms with Crippen LogP contribution in [0, 0.1) is 0 Å². The van der Waals surface area contributed by atoms with Gasteiger partial charge in [0.15, 0.2) is 0 Å². The molecule has 0 unspecified atom stereocenters. The van der Waals surface area contributed by atoms with Crippen LogP contribution < -0.4 is 0 Å². The van der Waals surface area contributed by atoms with E-state index in [-0.39, 0.29) is 21.1 Å². The number of thiol groups is 1. The van der Waals surface area contributed by atoms with Gasteiger partial charge >= 0.3 is 0 Å². The van der Waals surface area contributed by atoms with E-state index in [9.17, 15) is 0 Å². The Morgan fingerprint density at radius 3 is 0.633 bits per heavy atom. The third kappa shape index (κ3) is 37.4. The quantitative estimate of drug-likeness (QED) is 0.0277. The van der Waals surface area contributed by atoms with Gasteiger partial charge < -0.3 is 4.74 Å². The van der Waals surface area contributed by atoms with Gasteiger partial charge in [0.2, 0.25) is 0 Å². The van der Waals surface area contributed by atoms with Gasteiger partial charge in [0.05, 0.1) is 6.61 Å². The molecular formula is C56H116MoOS2. The Morgan fingerprint density at radius 2 is 0.433 bits per heavy atom. The van der Waals surface area contributed by atoms with E-state index in [1.807, 2.05) is 0 Å².